The first-order chi connectivity index (χ1) is 6.77. The van der Waals surface area contributed by atoms with E-state index in [4.69, 9.17) is 0 Å². The molecule has 0 aromatic carbocycles. The van der Waals surface area contributed by atoms with Crippen molar-refractivity contribution in [3.63, 3.8) is 0 Å². The van der Waals surface area contributed by atoms with Gasteiger partial charge in [-0.1, -0.05) is 0 Å². The van der Waals surface area contributed by atoms with E-state index in [0.29, 0.717) is 13.1 Å². The molecule has 2 heterocycles. The van der Waals surface area contributed by atoms with Crippen LogP contribution in [0.2, 0.25) is 0 Å². The van der Waals surface area contributed by atoms with Crippen LogP contribution in [0, 0.1) is 5.92 Å². The van der Waals surface area contributed by atoms with Crippen LogP contribution in [-0.4, -0.2) is 49.4 Å². The minimum atomic E-state index is -0.0458. The Hall–Kier alpha value is -0.810. The van der Waals surface area contributed by atoms with Gasteiger partial charge in [0.1, 0.15) is 0 Å². The summed E-state index contributed by atoms with van der Waals surface area (Å²) in [6.45, 7) is 3.15. The van der Waals surface area contributed by atoms with Crippen molar-refractivity contribution in [2.45, 2.75) is 6.42 Å². The van der Waals surface area contributed by atoms with Crippen molar-refractivity contribution < 1.29 is 9.59 Å². The lowest BCUT2D eigenvalue weighted by Crippen LogP contribution is -2.51. The number of piperazine rings is 1. The Bertz CT molecular complexity index is 254. The first kappa shape index (κ1) is 12.3. The predicted molar refractivity (Wildman–Crippen MR) is 57.8 cm³/mol. The molecule has 0 unspecified atom stereocenters. The number of rotatable bonds is 1. The molecule has 2 saturated heterocycles. The zero-order valence-electron chi connectivity index (χ0n) is 8.49. The summed E-state index contributed by atoms with van der Waals surface area (Å²) < 4.78 is 0. The molecule has 0 spiro atoms. The van der Waals surface area contributed by atoms with Crippen molar-refractivity contribution in [1.29, 1.82) is 0 Å². The lowest BCUT2D eigenvalue weighted by Gasteiger charge is -2.28. The van der Waals surface area contributed by atoms with Crippen molar-refractivity contribution in [3.8, 4) is 0 Å². The van der Waals surface area contributed by atoms with Crippen LogP contribution in [0.3, 0.4) is 0 Å². The number of halogens is 1. The summed E-state index contributed by atoms with van der Waals surface area (Å²) in [4.78, 5) is 24.6. The van der Waals surface area contributed by atoms with E-state index in [0.717, 1.165) is 19.5 Å². The van der Waals surface area contributed by atoms with Gasteiger partial charge in [0.25, 0.3) is 0 Å². The minimum absolute atomic E-state index is 0. The normalized spacial score (nSPS) is 25.7. The Labute approximate surface area is 95.0 Å². The highest BCUT2D eigenvalue weighted by molar-refractivity contribution is 5.87. The van der Waals surface area contributed by atoms with Crippen LogP contribution in [-0.2, 0) is 9.59 Å². The molecule has 15 heavy (non-hydrogen) atoms. The van der Waals surface area contributed by atoms with Crippen LogP contribution in [0.5, 0.6) is 0 Å². The summed E-state index contributed by atoms with van der Waals surface area (Å²) >= 11 is 0. The third kappa shape index (κ3) is 2.82. The van der Waals surface area contributed by atoms with Gasteiger partial charge < -0.3 is 15.5 Å². The second-order valence-corrected chi connectivity index (χ2v) is 3.80. The maximum Gasteiger partial charge on any atom is 0.239 e. The molecule has 0 saturated carbocycles. The first-order valence-electron chi connectivity index (χ1n) is 5.03. The predicted octanol–water partition coefficient (Wildman–Crippen LogP) is -1.02. The SMILES string of the molecule is Cl.O=C1CN(C(=O)[C@H]2CCNC2)CCN1. The van der Waals surface area contributed by atoms with E-state index >= 15 is 0 Å². The lowest BCUT2D eigenvalue weighted by molar-refractivity contribution is -0.140. The Balaban J connectivity index is 0.00000112. The third-order valence-corrected chi connectivity index (χ3v) is 2.76. The molecule has 2 aliphatic rings. The zero-order chi connectivity index (χ0) is 9.97. The van der Waals surface area contributed by atoms with Gasteiger partial charge in [-0.3, -0.25) is 9.59 Å². The molecule has 0 radical (unpaired) electrons. The second-order valence-electron chi connectivity index (χ2n) is 3.80. The first-order valence-corrected chi connectivity index (χ1v) is 5.03. The molecular weight excluding hydrogens is 218 g/mol. The van der Waals surface area contributed by atoms with E-state index in [1.165, 1.54) is 0 Å². The van der Waals surface area contributed by atoms with Crippen molar-refractivity contribution >= 4 is 24.2 Å². The molecule has 2 aliphatic heterocycles. The van der Waals surface area contributed by atoms with Gasteiger partial charge in [-0.2, -0.15) is 0 Å². The van der Waals surface area contributed by atoms with Gasteiger partial charge in [0.05, 0.1) is 12.5 Å². The third-order valence-electron chi connectivity index (χ3n) is 2.76. The van der Waals surface area contributed by atoms with Crippen LogP contribution in [0.1, 0.15) is 6.42 Å². The quantitative estimate of drug-likeness (QED) is 0.609. The van der Waals surface area contributed by atoms with Crippen molar-refractivity contribution in [3.05, 3.63) is 0 Å². The number of hydrogen-bond donors (Lipinski definition) is 2. The largest absolute Gasteiger partial charge is 0.353 e. The van der Waals surface area contributed by atoms with Crippen LogP contribution >= 0.6 is 12.4 Å². The molecule has 0 aromatic rings. The van der Waals surface area contributed by atoms with Crippen LogP contribution < -0.4 is 10.6 Å². The van der Waals surface area contributed by atoms with E-state index in [2.05, 4.69) is 10.6 Å². The van der Waals surface area contributed by atoms with Crippen molar-refractivity contribution in [2.75, 3.05) is 32.7 Å². The fourth-order valence-electron chi connectivity index (χ4n) is 1.95. The van der Waals surface area contributed by atoms with Gasteiger partial charge in [0.2, 0.25) is 11.8 Å². The smallest absolute Gasteiger partial charge is 0.239 e. The summed E-state index contributed by atoms with van der Waals surface area (Å²) in [5.41, 5.74) is 0. The number of hydrogen-bond acceptors (Lipinski definition) is 3. The van der Waals surface area contributed by atoms with Crippen LogP contribution in [0.25, 0.3) is 0 Å². The number of carbonyl (C=O) groups is 2. The molecule has 2 amide bonds. The van der Waals surface area contributed by atoms with Gasteiger partial charge in [-0.25, -0.2) is 0 Å². The molecule has 6 heteroatoms. The lowest BCUT2D eigenvalue weighted by atomic mass is 10.1. The Morgan fingerprint density at radius 1 is 1.40 bits per heavy atom. The molecule has 0 aliphatic carbocycles. The molecular formula is C9H16ClN3O2. The number of nitrogens with zero attached hydrogens (tertiary/aromatic N) is 1. The van der Waals surface area contributed by atoms with Crippen molar-refractivity contribution in [2.24, 2.45) is 5.92 Å². The number of nitrogens with one attached hydrogen (secondary N) is 2. The summed E-state index contributed by atoms with van der Waals surface area (Å²) in [6.07, 6.45) is 0.900. The highest BCUT2D eigenvalue weighted by Crippen LogP contribution is 2.12. The highest BCUT2D eigenvalue weighted by Gasteiger charge is 2.29. The monoisotopic (exact) mass is 233 g/mol. The molecule has 2 N–H and O–H groups in total. The van der Waals surface area contributed by atoms with E-state index in [-0.39, 0.29) is 36.7 Å². The van der Waals surface area contributed by atoms with Crippen LogP contribution in [0.4, 0.5) is 0 Å². The summed E-state index contributed by atoms with van der Waals surface area (Å²) in [5.74, 6) is 0.168. The molecule has 86 valence electrons. The zero-order valence-corrected chi connectivity index (χ0v) is 9.31. The highest BCUT2D eigenvalue weighted by atomic mass is 35.5. The average Bonchev–Trinajstić information content (AvgIpc) is 2.69. The maximum absolute atomic E-state index is 11.9. The summed E-state index contributed by atoms with van der Waals surface area (Å²) in [5, 5.41) is 5.86. The summed E-state index contributed by atoms with van der Waals surface area (Å²) in [7, 11) is 0. The molecule has 0 bridgehead atoms. The standard InChI is InChI=1S/C9H15N3O2.ClH/c13-8-6-12(4-3-11-8)9(14)7-1-2-10-5-7;/h7,10H,1-6H2,(H,11,13);1H/t7-;/m0./s1. The van der Waals surface area contributed by atoms with Crippen molar-refractivity contribution in [1.82, 2.24) is 15.5 Å². The summed E-state index contributed by atoms with van der Waals surface area (Å²) in [6, 6.07) is 0. The molecule has 2 fully saturated rings. The molecule has 5 nitrogen and oxygen atoms in total. The van der Waals surface area contributed by atoms with E-state index < -0.39 is 0 Å². The second kappa shape index (κ2) is 5.32. The number of carbonyl (C=O) groups excluding carboxylic acids is 2. The minimum Gasteiger partial charge on any atom is -0.353 e. The Kier molecular flexibility index (Phi) is 4.35. The van der Waals surface area contributed by atoms with Gasteiger partial charge in [-0.05, 0) is 13.0 Å². The fraction of sp³-hybridized carbons (Fsp3) is 0.778. The average molecular weight is 234 g/mol. The molecule has 0 aromatic heterocycles. The Morgan fingerprint density at radius 3 is 2.80 bits per heavy atom. The van der Waals surface area contributed by atoms with Crippen LogP contribution in [0.15, 0.2) is 0 Å². The van der Waals surface area contributed by atoms with Gasteiger partial charge in [-0.15, -0.1) is 12.4 Å². The maximum atomic E-state index is 11.9. The Morgan fingerprint density at radius 2 is 2.20 bits per heavy atom. The van der Waals surface area contributed by atoms with Gasteiger partial charge in [0, 0.05) is 19.6 Å². The van der Waals surface area contributed by atoms with E-state index in [9.17, 15) is 9.59 Å². The fourth-order valence-corrected chi connectivity index (χ4v) is 1.95. The van der Waals surface area contributed by atoms with E-state index in [1.54, 1.807) is 4.90 Å². The van der Waals surface area contributed by atoms with Gasteiger partial charge >= 0.3 is 0 Å². The van der Waals surface area contributed by atoms with Gasteiger partial charge in [0.15, 0.2) is 0 Å². The topological polar surface area (TPSA) is 61.4 Å². The molecule has 2 rings (SSSR count). The van der Waals surface area contributed by atoms with E-state index in [1.807, 2.05) is 0 Å². The number of amides is 2. The molecule has 1 atom stereocenters.